The summed E-state index contributed by atoms with van der Waals surface area (Å²) in [5, 5.41) is 23.9. The van der Waals surface area contributed by atoms with Crippen molar-refractivity contribution in [3.8, 4) is 22.5 Å². The van der Waals surface area contributed by atoms with Crippen LogP contribution in [-0.4, -0.2) is 45.8 Å². The average Bonchev–Trinajstić information content (AvgIpc) is 3.64. The molecule has 3 atom stereocenters. The number of benzene rings is 1. The molecule has 5 rings (SSSR count). The van der Waals surface area contributed by atoms with Crippen LogP contribution in [0.2, 0.25) is 0 Å². The Morgan fingerprint density at radius 2 is 1.95 bits per heavy atom. The molecule has 4 aromatic rings. The van der Waals surface area contributed by atoms with E-state index in [0.717, 1.165) is 53.6 Å². The number of aromatic nitrogens is 7. The van der Waals surface area contributed by atoms with Crippen LogP contribution in [-0.2, 0) is 17.8 Å². The highest BCUT2D eigenvalue weighted by Crippen LogP contribution is 2.40. The molecule has 1 fully saturated rings. The van der Waals surface area contributed by atoms with E-state index < -0.39 is 11.9 Å². The SMILES string of the molecule is CCCCc1cn(C2C(C)CCC2C(=O)O)c(=O)n1Cc1cnccc1-c1ccc(-c2nn[nH]n2)cc1. The first-order valence-electron chi connectivity index (χ1n) is 12.8. The molecule has 3 unspecified atom stereocenters. The standard InChI is InChI=1S/C27H31N7O3/c1-3-4-5-21-16-34(24-17(2)6-11-23(24)26(35)36)27(37)33(21)15-20-14-28-13-12-22(20)18-7-9-19(10-8-18)25-29-31-32-30-25/h7-10,12-14,16-17,23-24H,3-6,11,15H2,1-2H3,(H,35,36)(H,29,30,31,32). The van der Waals surface area contributed by atoms with Gasteiger partial charge in [0.25, 0.3) is 0 Å². The summed E-state index contributed by atoms with van der Waals surface area (Å²) in [6.07, 6.45) is 9.55. The van der Waals surface area contributed by atoms with Crippen molar-refractivity contribution in [1.29, 1.82) is 0 Å². The molecule has 0 radical (unpaired) electrons. The van der Waals surface area contributed by atoms with Gasteiger partial charge in [-0.3, -0.25) is 18.9 Å². The van der Waals surface area contributed by atoms with Crippen molar-refractivity contribution >= 4 is 5.97 Å². The molecule has 1 aromatic carbocycles. The van der Waals surface area contributed by atoms with E-state index in [2.05, 4.69) is 32.5 Å². The van der Waals surface area contributed by atoms with Crippen molar-refractivity contribution in [2.45, 2.75) is 58.5 Å². The number of aryl methyl sites for hydroxylation is 1. The minimum absolute atomic E-state index is 0.125. The lowest BCUT2D eigenvalue weighted by Gasteiger charge is -2.20. The quantitative estimate of drug-likeness (QED) is 0.355. The predicted octanol–water partition coefficient (Wildman–Crippen LogP) is 3.95. The molecule has 37 heavy (non-hydrogen) atoms. The molecule has 3 aromatic heterocycles. The van der Waals surface area contributed by atoms with Crippen LogP contribution >= 0.6 is 0 Å². The molecule has 0 bridgehead atoms. The maximum atomic E-state index is 13.8. The van der Waals surface area contributed by atoms with Gasteiger partial charge >= 0.3 is 11.7 Å². The highest BCUT2D eigenvalue weighted by molar-refractivity contribution is 5.71. The zero-order valence-electron chi connectivity index (χ0n) is 21.0. The third-order valence-electron chi connectivity index (χ3n) is 7.47. The van der Waals surface area contributed by atoms with E-state index >= 15 is 0 Å². The number of unbranched alkanes of at least 4 members (excludes halogenated alkanes) is 1. The molecule has 1 aliphatic rings. The zero-order chi connectivity index (χ0) is 25.9. The monoisotopic (exact) mass is 501 g/mol. The lowest BCUT2D eigenvalue weighted by Crippen LogP contribution is -2.34. The molecule has 10 heteroatoms. The lowest BCUT2D eigenvalue weighted by atomic mass is 9.99. The molecule has 1 saturated carbocycles. The third kappa shape index (κ3) is 4.83. The summed E-state index contributed by atoms with van der Waals surface area (Å²) in [5.41, 5.74) is 4.51. The number of aromatic amines is 1. The van der Waals surface area contributed by atoms with Gasteiger partial charge in [-0.05, 0) is 59.6 Å². The van der Waals surface area contributed by atoms with Crippen LogP contribution in [0, 0.1) is 11.8 Å². The Kier molecular flexibility index (Phi) is 6.98. The molecule has 0 saturated heterocycles. The molecular formula is C27H31N7O3. The Hall–Kier alpha value is -4.08. The number of hydrogen-bond donors (Lipinski definition) is 2. The number of carboxylic acids is 1. The Bertz CT molecular complexity index is 1420. The van der Waals surface area contributed by atoms with Gasteiger partial charge in [0.05, 0.1) is 18.5 Å². The Morgan fingerprint density at radius 3 is 2.65 bits per heavy atom. The van der Waals surface area contributed by atoms with Crippen molar-refractivity contribution in [2.75, 3.05) is 0 Å². The topological polar surface area (TPSA) is 132 Å². The Morgan fingerprint density at radius 1 is 1.16 bits per heavy atom. The number of pyridine rings is 1. The number of carbonyl (C=O) groups is 1. The van der Waals surface area contributed by atoms with Gasteiger partial charge in [-0.25, -0.2) is 4.79 Å². The molecule has 2 N–H and O–H groups in total. The number of imidazole rings is 1. The van der Waals surface area contributed by atoms with Crippen molar-refractivity contribution in [3.63, 3.8) is 0 Å². The fourth-order valence-corrected chi connectivity index (χ4v) is 5.49. The average molecular weight is 502 g/mol. The summed E-state index contributed by atoms with van der Waals surface area (Å²) in [6.45, 7) is 4.52. The second kappa shape index (κ2) is 10.5. The molecule has 3 heterocycles. The molecule has 0 aliphatic heterocycles. The number of tetrazole rings is 1. The van der Waals surface area contributed by atoms with Gasteiger partial charge in [0, 0.05) is 29.8 Å². The summed E-state index contributed by atoms with van der Waals surface area (Å²) in [7, 11) is 0. The van der Waals surface area contributed by atoms with Crippen LogP contribution in [0.1, 0.15) is 56.8 Å². The Labute approximate surface area is 214 Å². The third-order valence-corrected chi connectivity index (χ3v) is 7.47. The second-order valence-corrected chi connectivity index (χ2v) is 9.84. The van der Waals surface area contributed by atoms with Crippen molar-refractivity contribution in [3.05, 3.63) is 70.7 Å². The fourth-order valence-electron chi connectivity index (χ4n) is 5.49. The number of rotatable bonds is 9. The predicted molar refractivity (Wildman–Crippen MR) is 138 cm³/mol. The smallest absolute Gasteiger partial charge is 0.328 e. The van der Waals surface area contributed by atoms with Crippen LogP contribution in [0.3, 0.4) is 0 Å². The molecule has 1 aliphatic carbocycles. The van der Waals surface area contributed by atoms with Gasteiger partial charge in [-0.1, -0.05) is 44.5 Å². The fraction of sp³-hybridized carbons (Fsp3) is 0.407. The van der Waals surface area contributed by atoms with Gasteiger partial charge < -0.3 is 5.11 Å². The van der Waals surface area contributed by atoms with E-state index in [1.165, 1.54) is 0 Å². The largest absolute Gasteiger partial charge is 0.481 e. The number of hydrogen-bond acceptors (Lipinski definition) is 6. The van der Waals surface area contributed by atoms with Crippen LogP contribution < -0.4 is 5.69 Å². The van der Waals surface area contributed by atoms with E-state index in [1.807, 2.05) is 43.5 Å². The van der Waals surface area contributed by atoms with Crippen molar-refractivity contribution in [1.82, 2.24) is 34.7 Å². The molecule has 0 amide bonds. The van der Waals surface area contributed by atoms with E-state index in [1.54, 1.807) is 21.5 Å². The summed E-state index contributed by atoms with van der Waals surface area (Å²) in [6, 6.07) is 9.48. The van der Waals surface area contributed by atoms with Crippen LogP contribution in [0.25, 0.3) is 22.5 Å². The van der Waals surface area contributed by atoms with Gasteiger partial charge in [0.15, 0.2) is 0 Å². The maximum absolute atomic E-state index is 13.8. The molecule has 192 valence electrons. The number of aliphatic carboxylic acids is 1. The minimum Gasteiger partial charge on any atom is -0.481 e. The summed E-state index contributed by atoms with van der Waals surface area (Å²) < 4.78 is 3.49. The first-order chi connectivity index (χ1) is 18.0. The van der Waals surface area contributed by atoms with E-state index in [4.69, 9.17) is 0 Å². The van der Waals surface area contributed by atoms with Crippen molar-refractivity contribution in [2.24, 2.45) is 11.8 Å². The van der Waals surface area contributed by atoms with Gasteiger partial charge in [0.2, 0.25) is 5.82 Å². The highest BCUT2D eigenvalue weighted by Gasteiger charge is 2.40. The molecule has 10 nitrogen and oxygen atoms in total. The van der Waals surface area contributed by atoms with Gasteiger partial charge in [-0.2, -0.15) is 5.21 Å². The van der Waals surface area contributed by atoms with Crippen LogP contribution in [0.4, 0.5) is 0 Å². The normalized spacial score (nSPS) is 19.4. The maximum Gasteiger partial charge on any atom is 0.328 e. The Balaban J connectivity index is 1.51. The molecular weight excluding hydrogens is 470 g/mol. The first-order valence-corrected chi connectivity index (χ1v) is 12.8. The van der Waals surface area contributed by atoms with E-state index in [-0.39, 0.29) is 17.6 Å². The first kappa shape index (κ1) is 24.6. The van der Waals surface area contributed by atoms with E-state index in [9.17, 15) is 14.7 Å². The van der Waals surface area contributed by atoms with Crippen LogP contribution in [0.15, 0.2) is 53.7 Å². The highest BCUT2D eigenvalue weighted by atomic mass is 16.4. The van der Waals surface area contributed by atoms with Gasteiger partial charge in [0.1, 0.15) is 0 Å². The minimum atomic E-state index is -0.831. The zero-order valence-corrected chi connectivity index (χ0v) is 21.0. The summed E-state index contributed by atoms with van der Waals surface area (Å²) in [5.74, 6) is -0.728. The van der Waals surface area contributed by atoms with E-state index in [0.29, 0.717) is 18.8 Å². The number of H-pyrrole nitrogens is 1. The van der Waals surface area contributed by atoms with Crippen molar-refractivity contribution < 1.29 is 9.90 Å². The van der Waals surface area contributed by atoms with Gasteiger partial charge in [-0.15, -0.1) is 10.2 Å². The number of nitrogens with one attached hydrogen (secondary N) is 1. The number of carboxylic acid groups (broad SMARTS) is 1. The number of nitrogens with zero attached hydrogens (tertiary/aromatic N) is 6. The second-order valence-electron chi connectivity index (χ2n) is 9.84. The summed E-state index contributed by atoms with van der Waals surface area (Å²) >= 11 is 0. The summed E-state index contributed by atoms with van der Waals surface area (Å²) in [4.78, 5) is 30.1. The molecule has 0 spiro atoms. The van der Waals surface area contributed by atoms with Crippen LogP contribution in [0.5, 0.6) is 0 Å². The lowest BCUT2D eigenvalue weighted by molar-refractivity contribution is -0.142.